The number of nitrogens with zero attached hydrogens (tertiary/aromatic N) is 3. The second-order valence-electron chi connectivity index (χ2n) is 4.32. The van der Waals surface area contributed by atoms with Crippen molar-refractivity contribution in [2.45, 2.75) is 25.3 Å². The molecule has 0 amide bonds. The van der Waals surface area contributed by atoms with E-state index >= 15 is 0 Å². The van der Waals surface area contributed by atoms with Crippen molar-refractivity contribution >= 4 is 5.78 Å². The predicted octanol–water partition coefficient (Wildman–Crippen LogP) is 2.24. The molecule has 1 aromatic carbocycles. The third kappa shape index (κ3) is 1.86. The summed E-state index contributed by atoms with van der Waals surface area (Å²) in [6, 6.07) is 9.79. The minimum absolute atomic E-state index is 0.0973. The number of ketones is 1. The highest BCUT2D eigenvalue weighted by atomic mass is 16.1. The number of carbonyl (C=O) groups excluding carboxylic acids is 1. The monoisotopic (exact) mass is 227 g/mol. The molecule has 0 N–H and O–H groups in total. The quantitative estimate of drug-likeness (QED) is 0.790. The van der Waals surface area contributed by atoms with E-state index in [0.717, 1.165) is 24.1 Å². The molecule has 4 heteroatoms. The Bertz CT molecular complexity index is 533. The van der Waals surface area contributed by atoms with Gasteiger partial charge in [-0.15, -0.1) is 5.10 Å². The predicted molar refractivity (Wildman–Crippen MR) is 63.4 cm³/mol. The Labute approximate surface area is 99.3 Å². The van der Waals surface area contributed by atoms with Crippen molar-refractivity contribution in [1.82, 2.24) is 15.0 Å². The van der Waals surface area contributed by atoms with Gasteiger partial charge in [-0.05, 0) is 12.8 Å². The summed E-state index contributed by atoms with van der Waals surface area (Å²) < 4.78 is 1.71. The minimum atomic E-state index is -0.0973. The molecule has 0 aliphatic heterocycles. The van der Waals surface area contributed by atoms with Gasteiger partial charge in [-0.3, -0.25) is 4.79 Å². The van der Waals surface area contributed by atoms with Crippen molar-refractivity contribution < 1.29 is 4.79 Å². The lowest BCUT2D eigenvalue weighted by Gasteiger charge is -2.05. The SMILES string of the molecule is O=C1CCCC1n1cc(-c2ccccc2)nn1. The van der Waals surface area contributed by atoms with E-state index in [0.29, 0.717) is 6.42 Å². The molecule has 0 bridgehead atoms. The van der Waals surface area contributed by atoms with Crippen LogP contribution in [0.25, 0.3) is 11.3 Å². The molecule has 3 rings (SSSR count). The summed E-state index contributed by atoms with van der Waals surface area (Å²) in [5.74, 6) is 0.273. The van der Waals surface area contributed by atoms with Crippen molar-refractivity contribution in [3.05, 3.63) is 36.5 Å². The Kier molecular flexibility index (Phi) is 2.48. The largest absolute Gasteiger partial charge is 0.297 e. The first-order valence-electron chi connectivity index (χ1n) is 5.84. The van der Waals surface area contributed by atoms with Gasteiger partial charge in [0.1, 0.15) is 11.7 Å². The molecule has 17 heavy (non-hydrogen) atoms. The van der Waals surface area contributed by atoms with E-state index in [4.69, 9.17) is 0 Å². The lowest BCUT2D eigenvalue weighted by Crippen LogP contribution is -2.13. The van der Waals surface area contributed by atoms with E-state index in [2.05, 4.69) is 10.3 Å². The maximum Gasteiger partial charge on any atom is 0.157 e. The fourth-order valence-electron chi connectivity index (χ4n) is 2.25. The normalized spacial score (nSPS) is 19.8. The summed E-state index contributed by atoms with van der Waals surface area (Å²) in [4.78, 5) is 11.6. The first-order valence-corrected chi connectivity index (χ1v) is 5.84. The van der Waals surface area contributed by atoms with E-state index in [1.54, 1.807) is 4.68 Å². The topological polar surface area (TPSA) is 47.8 Å². The summed E-state index contributed by atoms with van der Waals surface area (Å²) in [6.45, 7) is 0. The van der Waals surface area contributed by atoms with Crippen LogP contribution in [0.2, 0.25) is 0 Å². The van der Waals surface area contributed by atoms with E-state index in [-0.39, 0.29) is 11.8 Å². The molecule has 1 saturated carbocycles. The smallest absolute Gasteiger partial charge is 0.157 e. The van der Waals surface area contributed by atoms with E-state index in [9.17, 15) is 4.79 Å². The van der Waals surface area contributed by atoms with Crippen LogP contribution in [0.5, 0.6) is 0 Å². The van der Waals surface area contributed by atoms with Crippen LogP contribution in [0.4, 0.5) is 0 Å². The van der Waals surface area contributed by atoms with Crippen LogP contribution in [0, 0.1) is 0 Å². The van der Waals surface area contributed by atoms with Crippen LogP contribution < -0.4 is 0 Å². The summed E-state index contributed by atoms with van der Waals surface area (Å²) in [7, 11) is 0. The number of hydrogen-bond donors (Lipinski definition) is 0. The fourth-order valence-corrected chi connectivity index (χ4v) is 2.25. The molecule has 0 radical (unpaired) electrons. The zero-order valence-corrected chi connectivity index (χ0v) is 9.41. The second kappa shape index (κ2) is 4.13. The Hall–Kier alpha value is -1.97. The molecule has 1 fully saturated rings. The summed E-state index contributed by atoms with van der Waals surface area (Å²) in [5.41, 5.74) is 1.86. The summed E-state index contributed by atoms with van der Waals surface area (Å²) in [6.07, 6.45) is 4.38. The van der Waals surface area contributed by atoms with Gasteiger partial charge in [-0.1, -0.05) is 35.5 Å². The zero-order valence-electron chi connectivity index (χ0n) is 9.41. The van der Waals surface area contributed by atoms with Gasteiger partial charge in [0, 0.05) is 12.0 Å². The van der Waals surface area contributed by atoms with Gasteiger partial charge in [-0.25, -0.2) is 4.68 Å². The van der Waals surface area contributed by atoms with Crippen LogP contribution >= 0.6 is 0 Å². The molecule has 1 heterocycles. The fraction of sp³-hybridized carbons (Fsp3) is 0.308. The molecule has 4 nitrogen and oxygen atoms in total. The van der Waals surface area contributed by atoms with Gasteiger partial charge in [-0.2, -0.15) is 0 Å². The van der Waals surface area contributed by atoms with E-state index in [1.165, 1.54) is 0 Å². The molecule has 0 spiro atoms. The third-order valence-corrected chi connectivity index (χ3v) is 3.17. The van der Waals surface area contributed by atoms with Gasteiger partial charge >= 0.3 is 0 Å². The number of hydrogen-bond acceptors (Lipinski definition) is 3. The van der Waals surface area contributed by atoms with Gasteiger partial charge in [0.15, 0.2) is 5.78 Å². The van der Waals surface area contributed by atoms with Crippen LogP contribution in [0.3, 0.4) is 0 Å². The van der Waals surface area contributed by atoms with Crippen LogP contribution in [0.1, 0.15) is 25.3 Å². The number of aromatic nitrogens is 3. The number of benzene rings is 1. The Morgan fingerprint density at radius 1 is 1.24 bits per heavy atom. The van der Waals surface area contributed by atoms with Crippen molar-refractivity contribution in [2.75, 3.05) is 0 Å². The van der Waals surface area contributed by atoms with Crippen molar-refractivity contribution in [3.63, 3.8) is 0 Å². The lowest BCUT2D eigenvalue weighted by atomic mass is 10.2. The maximum atomic E-state index is 11.6. The van der Waals surface area contributed by atoms with Crippen molar-refractivity contribution in [2.24, 2.45) is 0 Å². The molecule has 0 saturated heterocycles. The molecule has 1 aliphatic carbocycles. The second-order valence-corrected chi connectivity index (χ2v) is 4.32. The number of carbonyl (C=O) groups is 1. The summed E-state index contributed by atoms with van der Waals surface area (Å²) >= 11 is 0. The minimum Gasteiger partial charge on any atom is -0.297 e. The first-order chi connectivity index (χ1) is 8.34. The number of rotatable bonds is 2. The molecule has 1 atom stereocenters. The summed E-state index contributed by atoms with van der Waals surface area (Å²) in [5, 5.41) is 8.20. The zero-order chi connectivity index (χ0) is 11.7. The number of Topliss-reactive ketones (excluding diaryl/α,β-unsaturated/α-hetero) is 1. The lowest BCUT2D eigenvalue weighted by molar-refractivity contribution is -0.120. The third-order valence-electron chi connectivity index (χ3n) is 3.17. The molecular weight excluding hydrogens is 214 g/mol. The Morgan fingerprint density at radius 3 is 2.76 bits per heavy atom. The first kappa shape index (κ1) is 10.2. The molecule has 1 unspecified atom stereocenters. The van der Waals surface area contributed by atoms with Gasteiger partial charge in [0.25, 0.3) is 0 Å². The van der Waals surface area contributed by atoms with Crippen LogP contribution in [-0.2, 0) is 4.79 Å². The maximum absolute atomic E-state index is 11.6. The van der Waals surface area contributed by atoms with Crippen LogP contribution in [-0.4, -0.2) is 20.8 Å². The molecular formula is C13H13N3O. The van der Waals surface area contributed by atoms with Crippen LogP contribution in [0.15, 0.2) is 36.5 Å². The van der Waals surface area contributed by atoms with E-state index in [1.807, 2.05) is 36.5 Å². The van der Waals surface area contributed by atoms with Crippen molar-refractivity contribution in [1.29, 1.82) is 0 Å². The molecule has 2 aromatic rings. The average Bonchev–Trinajstić information content (AvgIpc) is 2.98. The molecule has 1 aromatic heterocycles. The Balaban J connectivity index is 1.91. The van der Waals surface area contributed by atoms with Gasteiger partial charge < -0.3 is 0 Å². The van der Waals surface area contributed by atoms with Gasteiger partial charge in [0.2, 0.25) is 0 Å². The van der Waals surface area contributed by atoms with Gasteiger partial charge in [0.05, 0.1) is 6.20 Å². The highest BCUT2D eigenvalue weighted by Crippen LogP contribution is 2.26. The molecule has 86 valence electrons. The highest BCUT2D eigenvalue weighted by molar-refractivity contribution is 5.84. The Morgan fingerprint density at radius 2 is 2.06 bits per heavy atom. The average molecular weight is 227 g/mol. The van der Waals surface area contributed by atoms with Crippen molar-refractivity contribution in [3.8, 4) is 11.3 Å². The standard InChI is InChI=1S/C13H13N3O/c17-13-8-4-7-12(13)16-9-11(14-15-16)10-5-2-1-3-6-10/h1-3,5-6,9,12H,4,7-8H2. The van der Waals surface area contributed by atoms with E-state index < -0.39 is 0 Å². The molecule has 1 aliphatic rings. The highest BCUT2D eigenvalue weighted by Gasteiger charge is 2.27.